The highest BCUT2D eigenvalue weighted by molar-refractivity contribution is 6.07. The number of ether oxygens (including phenoxy) is 1. The molecule has 0 spiro atoms. The van der Waals surface area contributed by atoms with E-state index in [4.69, 9.17) is 0 Å². The second-order valence-electron chi connectivity index (χ2n) is 8.01. The highest BCUT2D eigenvalue weighted by Gasteiger charge is 2.17. The van der Waals surface area contributed by atoms with E-state index in [2.05, 4.69) is 45.8 Å². The molecule has 0 atom stereocenters. The van der Waals surface area contributed by atoms with Gasteiger partial charge in [-0.1, -0.05) is 69.7 Å². The molecule has 0 fully saturated rings. The van der Waals surface area contributed by atoms with E-state index < -0.39 is 17.8 Å². The van der Waals surface area contributed by atoms with Gasteiger partial charge in [0.25, 0.3) is 11.8 Å². The van der Waals surface area contributed by atoms with Crippen molar-refractivity contribution in [1.82, 2.24) is 16.0 Å². The first kappa shape index (κ1) is 30.0. The van der Waals surface area contributed by atoms with Crippen LogP contribution in [0.2, 0.25) is 0 Å². The number of methoxy groups -OCH3 is 1. The topological polar surface area (TPSA) is 126 Å². The fraction of sp³-hybridized carbons (Fsp3) is 0.370. The maximum absolute atomic E-state index is 12.6. The summed E-state index contributed by atoms with van der Waals surface area (Å²) < 4.78 is 4.45. The quantitative estimate of drug-likeness (QED) is 0.157. The number of allylic oxidation sites excluding steroid dienone is 1. The Hall–Kier alpha value is -4.01. The molecule has 1 aromatic carbocycles. The van der Waals surface area contributed by atoms with Crippen LogP contribution in [0.1, 0.15) is 64.0 Å². The number of nitrogens with zero attached hydrogens (tertiary/aromatic N) is 1. The summed E-state index contributed by atoms with van der Waals surface area (Å²) in [5.74, 6) is -2.22. The lowest BCUT2D eigenvalue weighted by Gasteiger charge is -2.11. The standard InChI is InChI=1S/C27H36N4O5/c1-7-9-10-11-12-24(32)28-17-21-13-15-22(16-14-21)18(3)29-23(8-2)26(34)30-19(4)25(33)31-20(5)27(35)36-6/h8,13-16H,4-5,7,9-12,17H2,1-3,6H3,(H,28,32)(H,30,34)(H,31,33)/b23-8-,29-18?. The first-order valence-electron chi connectivity index (χ1n) is 11.8. The number of amides is 3. The fourth-order valence-electron chi connectivity index (χ4n) is 3.00. The van der Waals surface area contributed by atoms with Crippen LogP contribution in [0, 0.1) is 0 Å². The van der Waals surface area contributed by atoms with E-state index in [1.807, 2.05) is 24.3 Å². The summed E-state index contributed by atoms with van der Waals surface area (Å²) in [4.78, 5) is 52.3. The Morgan fingerprint density at radius 1 is 0.972 bits per heavy atom. The molecule has 0 heterocycles. The van der Waals surface area contributed by atoms with E-state index >= 15 is 0 Å². The molecule has 0 bridgehead atoms. The van der Waals surface area contributed by atoms with Gasteiger partial charge >= 0.3 is 5.97 Å². The van der Waals surface area contributed by atoms with E-state index in [0.29, 0.717) is 18.7 Å². The predicted octanol–water partition coefficient (Wildman–Crippen LogP) is 3.42. The van der Waals surface area contributed by atoms with E-state index in [9.17, 15) is 19.2 Å². The molecule has 194 valence electrons. The normalized spacial score (nSPS) is 11.3. The van der Waals surface area contributed by atoms with Crippen LogP contribution in [0.3, 0.4) is 0 Å². The van der Waals surface area contributed by atoms with Gasteiger partial charge < -0.3 is 20.7 Å². The first-order chi connectivity index (χ1) is 17.1. The van der Waals surface area contributed by atoms with E-state index in [1.165, 1.54) is 6.08 Å². The molecule has 0 saturated heterocycles. The summed E-state index contributed by atoms with van der Waals surface area (Å²) in [6.45, 7) is 12.9. The number of rotatable bonds is 14. The molecular weight excluding hydrogens is 460 g/mol. The Morgan fingerprint density at radius 2 is 1.61 bits per heavy atom. The average molecular weight is 497 g/mol. The second kappa shape index (κ2) is 15.8. The van der Waals surface area contributed by atoms with Crippen molar-refractivity contribution in [1.29, 1.82) is 0 Å². The van der Waals surface area contributed by atoms with Crippen molar-refractivity contribution in [2.45, 2.75) is 59.4 Å². The minimum absolute atomic E-state index is 0.0431. The summed E-state index contributed by atoms with van der Waals surface area (Å²) >= 11 is 0. The molecule has 9 heteroatoms. The summed E-state index contributed by atoms with van der Waals surface area (Å²) in [6.07, 6.45) is 6.28. The number of hydrogen-bond donors (Lipinski definition) is 3. The lowest BCUT2D eigenvalue weighted by Crippen LogP contribution is -2.36. The highest BCUT2D eigenvalue weighted by atomic mass is 16.5. The molecule has 3 N–H and O–H groups in total. The number of hydrogen-bond acceptors (Lipinski definition) is 6. The van der Waals surface area contributed by atoms with Crippen molar-refractivity contribution in [2.75, 3.05) is 7.11 Å². The van der Waals surface area contributed by atoms with Gasteiger partial charge in [0.15, 0.2) is 0 Å². The van der Waals surface area contributed by atoms with Gasteiger partial charge in [0.2, 0.25) is 5.91 Å². The monoisotopic (exact) mass is 496 g/mol. The third-order valence-electron chi connectivity index (χ3n) is 5.15. The lowest BCUT2D eigenvalue weighted by atomic mass is 10.1. The molecule has 0 aliphatic carbocycles. The maximum Gasteiger partial charge on any atom is 0.353 e. The number of esters is 1. The third-order valence-corrected chi connectivity index (χ3v) is 5.15. The van der Waals surface area contributed by atoms with Crippen LogP contribution in [0.4, 0.5) is 0 Å². The zero-order valence-electron chi connectivity index (χ0n) is 21.5. The largest absolute Gasteiger partial charge is 0.464 e. The Morgan fingerprint density at radius 3 is 2.19 bits per heavy atom. The van der Waals surface area contributed by atoms with Crippen LogP contribution in [-0.4, -0.2) is 36.5 Å². The Kier molecular flexibility index (Phi) is 13.2. The minimum Gasteiger partial charge on any atom is -0.464 e. The van der Waals surface area contributed by atoms with Gasteiger partial charge in [-0.2, -0.15) is 0 Å². The van der Waals surface area contributed by atoms with E-state index in [0.717, 1.165) is 43.9 Å². The molecule has 1 rings (SSSR count). The molecule has 0 unspecified atom stereocenters. The van der Waals surface area contributed by atoms with Gasteiger partial charge in [-0.05, 0) is 31.4 Å². The van der Waals surface area contributed by atoms with Crippen LogP contribution in [0.25, 0.3) is 0 Å². The van der Waals surface area contributed by atoms with Crippen molar-refractivity contribution in [2.24, 2.45) is 4.99 Å². The average Bonchev–Trinajstić information content (AvgIpc) is 2.87. The Labute approximate surface area is 212 Å². The highest BCUT2D eigenvalue weighted by Crippen LogP contribution is 2.10. The predicted molar refractivity (Wildman–Crippen MR) is 140 cm³/mol. The third kappa shape index (κ3) is 10.5. The summed E-state index contributed by atoms with van der Waals surface area (Å²) in [5, 5.41) is 7.47. The minimum atomic E-state index is -0.812. The number of nitrogens with one attached hydrogen (secondary N) is 3. The van der Waals surface area contributed by atoms with Crippen LogP contribution in [-0.2, 0) is 30.5 Å². The van der Waals surface area contributed by atoms with E-state index in [-0.39, 0.29) is 23.0 Å². The van der Waals surface area contributed by atoms with Crippen LogP contribution >= 0.6 is 0 Å². The molecule has 3 amide bonds. The molecule has 0 saturated carbocycles. The molecule has 9 nitrogen and oxygen atoms in total. The van der Waals surface area contributed by atoms with Crippen LogP contribution in [0.5, 0.6) is 0 Å². The van der Waals surface area contributed by atoms with Crippen LogP contribution in [0.15, 0.2) is 65.6 Å². The number of unbranched alkanes of at least 4 members (excludes halogenated alkanes) is 3. The zero-order valence-corrected chi connectivity index (χ0v) is 21.5. The van der Waals surface area contributed by atoms with Crippen molar-refractivity contribution in [3.63, 3.8) is 0 Å². The Bertz CT molecular complexity index is 1040. The van der Waals surface area contributed by atoms with Gasteiger partial charge in [0, 0.05) is 18.7 Å². The summed E-state index contributed by atoms with van der Waals surface area (Å²) in [6, 6.07) is 7.50. The molecule has 0 aliphatic rings. The van der Waals surface area contributed by atoms with E-state index in [1.54, 1.807) is 13.8 Å². The molecule has 0 aromatic heterocycles. The van der Waals surface area contributed by atoms with Gasteiger partial charge in [0.1, 0.15) is 11.4 Å². The summed E-state index contributed by atoms with van der Waals surface area (Å²) in [7, 11) is 1.15. The Balaban J connectivity index is 2.69. The lowest BCUT2D eigenvalue weighted by molar-refractivity contribution is -0.137. The number of benzene rings is 1. The number of carbonyl (C=O) groups excluding carboxylic acids is 4. The number of carbonyl (C=O) groups is 4. The van der Waals surface area contributed by atoms with Crippen LogP contribution < -0.4 is 16.0 Å². The van der Waals surface area contributed by atoms with Crippen molar-refractivity contribution >= 4 is 29.4 Å². The van der Waals surface area contributed by atoms with Gasteiger partial charge in [0.05, 0.1) is 12.8 Å². The molecule has 36 heavy (non-hydrogen) atoms. The number of aliphatic imine (C=N–C) groups is 1. The molecular formula is C27H36N4O5. The van der Waals surface area contributed by atoms with Crippen molar-refractivity contribution in [3.8, 4) is 0 Å². The second-order valence-corrected chi connectivity index (χ2v) is 8.01. The zero-order chi connectivity index (χ0) is 27.1. The van der Waals surface area contributed by atoms with Gasteiger partial charge in [-0.25, -0.2) is 9.79 Å². The molecule has 1 aromatic rings. The SMILES string of the molecule is C=C(NC(=O)/C(=C/C)N=C(C)c1ccc(CNC(=O)CCCCCC)cc1)C(=O)NC(=C)C(=O)OC. The van der Waals surface area contributed by atoms with Gasteiger partial charge in [-0.15, -0.1) is 0 Å². The van der Waals surface area contributed by atoms with Gasteiger partial charge in [-0.3, -0.25) is 14.4 Å². The smallest absolute Gasteiger partial charge is 0.353 e. The summed E-state index contributed by atoms with van der Waals surface area (Å²) in [5.41, 5.74) is 1.84. The molecule has 0 aliphatic heterocycles. The van der Waals surface area contributed by atoms with Crippen molar-refractivity contribution < 1.29 is 23.9 Å². The first-order valence-corrected chi connectivity index (χ1v) is 11.8. The fourth-order valence-corrected chi connectivity index (χ4v) is 3.00. The molecule has 0 radical (unpaired) electrons. The maximum atomic E-state index is 12.6. The van der Waals surface area contributed by atoms with Crippen molar-refractivity contribution in [3.05, 3.63) is 71.7 Å².